The lowest BCUT2D eigenvalue weighted by Gasteiger charge is -2.35. The molecular formula is C19H28F2N2OS. The summed E-state index contributed by atoms with van der Waals surface area (Å²) >= 11 is 1.67. The molecular weight excluding hydrogens is 342 g/mol. The van der Waals surface area contributed by atoms with Crippen molar-refractivity contribution in [1.29, 1.82) is 0 Å². The van der Waals surface area contributed by atoms with Crippen molar-refractivity contribution in [3.05, 3.63) is 35.4 Å². The van der Waals surface area contributed by atoms with E-state index in [-0.39, 0.29) is 6.10 Å². The second-order valence-electron chi connectivity index (χ2n) is 7.11. The van der Waals surface area contributed by atoms with Crippen molar-refractivity contribution in [2.75, 3.05) is 19.4 Å². The second-order valence-corrected chi connectivity index (χ2v) is 7.76. The van der Waals surface area contributed by atoms with Crippen LogP contribution in [-0.2, 0) is 4.74 Å². The van der Waals surface area contributed by atoms with Crippen LogP contribution in [0.2, 0.25) is 0 Å². The van der Waals surface area contributed by atoms with Crippen LogP contribution in [0.1, 0.15) is 50.0 Å². The molecule has 1 saturated carbocycles. The molecule has 1 aliphatic carbocycles. The Labute approximate surface area is 153 Å². The molecule has 2 fully saturated rings. The molecule has 6 heteroatoms. The van der Waals surface area contributed by atoms with E-state index in [2.05, 4.69) is 16.3 Å². The average Bonchev–Trinajstić information content (AvgIpc) is 2.64. The highest BCUT2D eigenvalue weighted by molar-refractivity contribution is 7.96. The summed E-state index contributed by atoms with van der Waals surface area (Å²) in [5, 5.41) is 3.56. The summed E-state index contributed by atoms with van der Waals surface area (Å²) in [5.41, 5.74) is 0.913. The standard InChI is InChI=1S/C19H28F2N2OS/c1-25-23-18-3-2-10-22-19(18)12-24-15-7-4-13(5-8-15)14-6-9-16(20)17(21)11-14/h6,9,11,13,15,18-19,22-23H,2-5,7-8,10,12H2,1H3/t13?,15?,18-,19-/m0/s1. The first kappa shape index (κ1) is 19.1. The first-order chi connectivity index (χ1) is 12.2. The SMILES string of the molecule is CSN[C@H]1CCCN[C@H]1COC1CCC(c2ccc(F)c(F)c2)CC1. The Morgan fingerprint density at radius 3 is 2.68 bits per heavy atom. The molecule has 140 valence electrons. The number of hydrogen-bond acceptors (Lipinski definition) is 4. The van der Waals surface area contributed by atoms with E-state index in [9.17, 15) is 8.78 Å². The van der Waals surface area contributed by atoms with Crippen LogP contribution in [0, 0.1) is 11.6 Å². The van der Waals surface area contributed by atoms with Crippen molar-refractivity contribution >= 4 is 11.9 Å². The van der Waals surface area contributed by atoms with Gasteiger partial charge in [-0.3, -0.25) is 4.72 Å². The number of halogens is 2. The number of rotatable bonds is 6. The zero-order chi connectivity index (χ0) is 17.6. The average molecular weight is 371 g/mol. The van der Waals surface area contributed by atoms with E-state index >= 15 is 0 Å². The monoisotopic (exact) mass is 370 g/mol. The molecule has 1 aliphatic heterocycles. The highest BCUT2D eigenvalue weighted by Crippen LogP contribution is 2.34. The van der Waals surface area contributed by atoms with Crippen molar-refractivity contribution in [3.63, 3.8) is 0 Å². The number of piperidine rings is 1. The Kier molecular flexibility index (Phi) is 7.10. The largest absolute Gasteiger partial charge is 0.377 e. The molecule has 2 N–H and O–H groups in total. The predicted octanol–water partition coefficient (Wildman–Crippen LogP) is 4.00. The molecule has 0 radical (unpaired) electrons. The maximum atomic E-state index is 13.4. The molecule has 0 aromatic heterocycles. The van der Waals surface area contributed by atoms with Gasteiger partial charge in [-0.25, -0.2) is 8.78 Å². The first-order valence-electron chi connectivity index (χ1n) is 9.26. The molecule has 1 aromatic rings. The lowest BCUT2D eigenvalue weighted by atomic mass is 9.82. The highest BCUT2D eigenvalue weighted by atomic mass is 32.2. The minimum absolute atomic E-state index is 0.278. The number of ether oxygens (including phenoxy) is 1. The van der Waals surface area contributed by atoms with Crippen LogP contribution in [-0.4, -0.2) is 37.6 Å². The van der Waals surface area contributed by atoms with Gasteiger partial charge in [-0.2, -0.15) is 0 Å². The molecule has 25 heavy (non-hydrogen) atoms. The molecule has 1 aromatic carbocycles. The third kappa shape index (κ3) is 5.16. The van der Waals surface area contributed by atoms with Crippen molar-refractivity contribution in [1.82, 2.24) is 10.0 Å². The van der Waals surface area contributed by atoms with Crippen LogP contribution < -0.4 is 10.0 Å². The molecule has 2 aliphatic rings. The van der Waals surface area contributed by atoms with Crippen molar-refractivity contribution in [3.8, 4) is 0 Å². The number of benzene rings is 1. The maximum Gasteiger partial charge on any atom is 0.159 e. The Morgan fingerprint density at radius 2 is 1.96 bits per heavy atom. The maximum absolute atomic E-state index is 13.4. The third-order valence-electron chi connectivity index (χ3n) is 5.45. The van der Waals surface area contributed by atoms with Crippen LogP contribution in [0.4, 0.5) is 8.78 Å². The van der Waals surface area contributed by atoms with Crippen LogP contribution in [0.15, 0.2) is 18.2 Å². The van der Waals surface area contributed by atoms with Crippen molar-refractivity contribution in [2.45, 2.75) is 62.6 Å². The Bertz CT molecular complexity index is 550. The molecule has 0 spiro atoms. The van der Waals surface area contributed by atoms with Gasteiger partial charge in [0.15, 0.2) is 11.6 Å². The smallest absolute Gasteiger partial charge is 0.159 e. The summed E-state index contributed by atoms with van der Waals surface area (Å²) in [7, 11) is 0. The molecule has 0 amide bonds. The van der Waals surface area contributed by atoms with E-state index in [4.69, 9.17) is 4.74 Å². The van der Waals surface area contributed by atoms with Gasteiger partial charge in [0.05, 0.1) is 12.7 Å². The van der Waals surface area contributed by atoms with Gasteiger partial charge >= 0.3 is 0 Å². The molecule has 3 nitrogen and oxygen atoms in total. The lowest BCUT2D eigenvalue weighted by molar-refractivity contribution is 0.00536. The van der Waals surface area contributed by atoms with E-state index in [0.717, 1.165) is 44.4 Å². The van der Waals surface area contributed by atoms with Gasteiger partial charge in [0.1, 0.15) is 0 Å². The lowest BCUT2D eigenvalue weighted by Crippen LogP contribution is -2.52. The summed E-state index contributed by atoms with van der Waals surface area (Å²) in [4.78, 5) is 0. The zero-order valence-electron chi connectivity index (χ0n) is 14.8. The van der Waals surface area contributed by atoms with Crippen molar-refractivity contribution < 1.29 is 13.5 Å². The van der Waals surface area contributed by atoms with Crippen molar-refractivity contribution in [2.24, 2.45) is 0 Å². The van der Waals surface area contributed by atoms with Gasteiger partial charge in [-0.1, -0.05) is 18.0 Å². The molecule has 3 rings (SSSR count). The van der Waals surface area contributed by atoms with Gasteiger partial charge in [-0.15, -0.1) is 0 Å². The van der Waals surface area contributed by atoms with Gasteiger partial charge in [0.2, 0.25) is 0 Å². The summed E-state index contributed by atoms with van der Waals surface area (Å²) in [5.74, 6) is -1.20. The van der Waals surface area contributed by atoms with Gasteiger partial charge in [0, 0.05) is 12.1 Å². The molecule has 0 unspecified atom stereocenters. The Balaban J connectivity index is 1.45. The molecule has 2 atom stereocenters. The highest BCUT2D eigenvalue weighted by Gasteiger charge is 2.28. The first-order valence-corrected chi connectivity index (χ1v) is 10.5. The van der Waals surface area contributed by atoms with Gasteiger partial charge in [-0.05, 0) is 74.9 Å². The fraction of sp³-hybridized carbons (Fsp3) is 0.684. The minimum atomic E-state index is -0.769. The normalized spacial score (nSPS) is 30.4. The van der Waals surface area contributed by atoms with Crippen LogP contribution in [0.25, 0.3) is 0 Å². The fourth-order valence-electron chi connectivity index (χ4n) is 3.99. The minimum Gasteiger partial charge on any atom is -0.377 e. The number of hydrogen-bond donors (Lipinski definition) is 2. The quantitative estimate of drug-likeness (QED) is 0.742. The molecule has 0 bridgehead atoms. The second kappa shape index (κ2) is 9.31. The van der Waals surface area contributed by atoms with E-state index in [1.54, 1.807) is 18.0 Å². The molecule has 1 saturated heterocycles. The fourth-order valence-corrected chi connectivity index (χ4v) is 4.57. The Morgan fingerprint density at radius 1 is 1.16 bits per heavy atom. The van der Waals surface area contributed by atoms with Crippen LogP contribution in [0.5, 0.6) is 0 Å². The van der Waals surface area contributed by atoms with Gasteiger partial charge in [0.25, 0.3) is 0 Å². The predicted molar refractivity (Wildman–Crippen MR) is 98.8 cm³/mol. The van der Waals surface area contributed by atoms with Crippen LogP contribution >= 0.6 is 11.9 Å². The van der Waals surface area contributed by atoms with E-state index < -0.39 is 11.6 Å². The third-order valence-corrected chi connectivity index (χ3v) is 5.99. The summed E-state index contributed by atoms with van der Waals surface area (Å²) in [6.45, 7) is 1.79. The topological polar surface area (TPSA) is 33.3 Å². The van der Waals surface area contributed by atoms with Gasteiger partial charge < -0.3 is 10.1 Å². The summed E-state index contributed by atoms with van der Waals surface area (Å²) in [6, 6.07) is 5.13. The van der Waals surface area contributed by atoms with E-state index in [0.29, 0.717) is 18.0 Å². The van der Waals surface area contributed by atoms with E-state index in [1.165, 1.54) is 25.0 Å². The number of nitrogens with one attached hydrogen (secondary N) is 2. The zero-order valence-corrected chi connectivity index (χ0v) is 15.6. The van der Waals surface area contributed by atoms with Crippen LogP contribution in [0.3, 0.4) is 0 Å². The summed E-state index contributed by atoms with van der Waals surface area (Å²) < 4.78 is 36.2. The summed E-state index contributed by atoms with van der Waals surface area (Å²) in [6.07, 6.45) is 8.64. The Hall–Kier alpha value is -0.690. The molecule has 1 heterocycles. The van der Waals surface area contributed by atoms with E-state index in [1.807, 2.05) is 0 Å².